The molecular weight excluding hydrogens is 468 g/mol. The van der Waals surface area contributed by atoms with Crippen molar-refractivity contribution >= 4 is 29.2 Å². The average molecular weight is 503 g/mol. The first kappa shape index (κ1) is 26.8. The number of methoxy groups -OCH3 is 1. The molecule has 3 rings (SSSR count). The van der Waals surface area contributed by atoms with E-state index >= 15 is 0 Å². The second-order valence-corrected chi connectivity index (χ2v) is 9.86. The second-order valence-electron chi connectivity index (χ2n) is 9.46. The summed E-state index contributed by atoms with van der Waals surface area (Å²) >= 11 is 6.51. The second kappa shape index (κ2) is 12.3. The van der Waals surface area contributed by atoms with Gasteiger partial charge >= 0.3 is 5.97 Å². The van der Waals surface area contributed by atoms with E-state index in [0.29, 0.717) is 48.0 Å². The average Bonchev–Trinajstić information content (AvgIpc) is 2.83. The summed E-state index contributed by atoms with van der Waals surface area (Å²) in [5, 5.41) is 25.6. The molecule has 0 saturated heterocycles. The number of carboxylic acid groups (broad SMARTS) is 1. The fourth-order valence-electron chi connectivity index (χ4n) is 4.63. The third kappa shape index (κ3) is 7.36. The zero-order chi connectivity index (χ0) is 25.5. The molecule has 2 unspecified atom stereocenters. The Morgan fingerprint density at radius 1 is 1.11 bits per heavy atom. The van der Waals surface area contributed by atoms with Crippen LogP contribution in [0.1, 0.15) is 67.1 Å². The summed E-state index contributed by atoms with van der Waals surface area (Å²) < 4.78 is 5.52. The fraction of sp³-hybridized carbons (Fsp3) is 0.481. The minimum absolute atomic E-state index is 0.128. The smallest absolute Gasteiger partial charge is 0.306 e. The summed E-state index contributed by atoms with van der Waals surface area (Å²) in [4.78, 5) is 23.8. The number of anilines is 1. The molecule has 8 heteroatoms. The van der Waals surface area contributed by atoms with Crippen molar-refractivity contribution in [2.45, 2.75) is 58.1 Å². The van der Waals surface area contributed by atoms with Crippen molar-refractivity contribution in [1.29, 1.82) is 0 Å². The Hall–Kier alpha value is -2.77. The third-order valence-corrected chi connectivity index (χ3v) is 6.96. The van der Waals surface area contributed by atoms with E-state index < -0.39 is 12.1 Å². The minimum atomic E-state index is -0.726. The van der Waals surface area contributed by atoms with Crippen molar-refractivity contribution in [1.82, 2.24) is 5.32 Å². The Labute approximate surface area is 211 Å². The number of halogens is 1. The molecule has 0 heterocycles. The Bertz CT molecular complexity index is 1030. The predicted molar refractivity (Wildman–Crippen MR) is 137 cm³/mol. The van der Waals surface area contributed by atoms with Gasteiger partial charge in [0.2, 0.25) is 0 Å². The number of hydrogen-bond donors (Lipinski definition) is 4. The predicted octanol–water partition coefficient (Wildman–Crippen LogP) is 5.07. The van der Waals surface area contributed by atoms with E-state index in [9.17, 15) is 14.7 Å². The summed E-state index contributed by atoms with van der Waals surface area (Å²) in [6, 6.07) is 10.9. The molecule has 7 nitrogen and oxygen atoms in total. The molecule has 1 aliphatic rings. The van der Waals surface area contributed by atoms with E-state index in [2.05, 4.69) is 10.6 Å². The highest BCUT2D eigenvalue weighted by atomic mass is 35.5. The van der Waals surface area contributed by atoms with Crippen molar-refractivity contribution in [3.63, 3.8) is 0 Å². The zero-order valence-corrected chi connectivity index (χ0v) is 21.3. The Morgan fingerprint density at radius 2 is 1.83 bits per heavy atom. The van der Waals surface area contributed by atoms with E-state index in [4.69, 9.17) is 21.4 Å². The van der Waals surface area contributed by atoms with E-state index in [-0.39, 0.29) is 17.9 Å². The third-order valence-electron chi connectivity index (χ3n) is 6.64. The Morgan fingerprint density at radius 3 is 2.43 bits per heavy atom. The van der Waals surface area contributed by atoms with Gasteiger partial charge in [-0.2, -0.15) is 0 Å². The number of aliphatic hydroxyl groups excluding tert-OH is 1. The lowest BCUT2D eigenvalue weighted by atomic mass is 9.82. The molecule has 1 aliphatic carbocycles. The van der Waals surface area contributed by atoms with Crippen LogP contribution >= 0.6 is 11.6 Å². The number of carboxylic acids is 1. The Kier molecular flexibility index (Phi) is 9.40. The van der Waals surface area contributed by atoms with E-state index in [1.54, 1.807) is 32.2 Å². The van der Waals surface area contributed by atoms with E-state index in [0.717, 1.165) is 29.7 Å². The molecule has 0 aromatic heterocycles. The van der Waals surface area contributed by atoms with Crippen LogP contribution in [0, 0.1) is 11.8 Å². The van der Waals surface area contributed by atoms with E-state index in [1.165, 1.54) is 0 Å². The summed E-state index contributed by atoms with van der Waals surface area (Å²) in [6.45, 7) is 4.29. The number of aliphatic carboxylic acids is 1. The summed E-state index contributed by atoms with van der Waals surface area (Å²) in [5.41, 5.74) is 3.13. The maximum Gasteiger partial charge on any atom is 0.306 e. The van der Waals surface area contributed by atoms with Gasteiger partial charge < -0.3 is 25.6 Å². The number of rotatable bonds is 10. The van der Waals surface area contributed by atoms with Crippen LogP contribution in [0.4, 0.5) is 5.69 Å². The first-order valence-electron chi connectivity index (χ1n) is 12.1. The van der Waals surface area contributed by atoms with Crippen molar-refractivity contribution in [3.05, 3.63) is 58.1 Å². The zero-order valence-electron chi connectivity index (χ0n) is 20.5. The van der Waals surface area contributed by atoms with Crippen LogP contribution in [0.3, 0.4) is 0 Å². The molecular formula is C27H35ClN2O5. The molecule has 2 aromatic rings. The first-order valence-corrected chi connectivity index (χ1v) is 12.5. The molecule has 0 bridgehead atoms. The molecule has 1 fully saturated rings. The maximum atomic E-state index is 12.7. The van der Waals surface area contributed by atoms with Crippen LogP contribution < -0.4 is 15.4 Å². The number of aliphatic hydroxyl groups is 1. The van der Waals surface area contributed by atoms with Crippen molar-refractivity contribution < 1.29 is 24.5 Å². The van der Waals surface area contributed by atoms with Gasteiger partial charge in [-0.05, 0) is 87.8 Å². The topological polar surface area (TPSA) is 108 Å². The highest BCUT2D eigenvalue weighted by Gasteiger charge is 2.26. The van der Waals surface area contributed by atoms with Crippen LogP contribution in [0.2, 0.25) is 5.02 Å². The van der Waals surface area contributed by atoms with Crippen LogP contribution in [0.5, 0.6) is 5.75 Å². The van der Waals surface area contributed by atoms with Gasteiger partial charge in [0.15, 0.2) is 0 Å². The number of benzene rings is 2. The normalized spacial score (nSPS) is 19.5. The number of nitrogens with one attached hydrogen (secondary N) is 2. The van der Waals surface area contributed by atoms with Crippen LogP contribution in [0.15, 0.2) is 36.4 Å². The van der Waals surface area contributed by atoms with Crippen LogP contribution in [-0.4, -0.2) is 41.8 Å². The number of amides is 1. The Balaban J connectivity index is 1.61. The molecule has 0 radical (unpaired) electrons. The minimum Gasteiger partial charge on any atom is -0.496 e. The summed E-state index contributed by atoms with van der Waals surface area (Å²) in [7, 11) is 1.62. The molecule has 1 saturated carbocycles. The number of ether oxygens (including phenoxy) is 1. The monoisotopic (exact) mass is 502 g/mol. The number of hydrogen-bond acceptors (Lipinski definition) is 5. The number of carbonyl (C=O) groups excluding carboxylic acids is 1. The highest BCUT2D eigenvalue weighted by molar-refractivity contribution is 6.33. The van der Waals surface area contributed by atoms with Crippen molar-refractivity contribution in [3.8, 4) is 5.75 Å². The first-order chi connectivity index (χ1) is 16.7. The molecule has 0 aliphatic heterocycles. The number of carbonyl (C=O) groups is 2. The van der Waals surface area contributed by atoms with Crippen LogP contribution in [-0.2, 0) is 11.2 Å². The van der Waals surface area contributed by atoms with Crippen molar-refractivity contribution in [2.75, 3.05) is 19.0 Å². The molecule has 1 amide bonds. The SMILES string of the molecule is COc1ccc(CC(C)O)cc1C(C)Nc1ccc(C(=O)NC[C@H]2CC[C@H](C(=O)O)CC2)cc1Cl. The van der Waals surface area contributed by atoms with Gasteiger partial charge in [0, 0.05) is 17.7 Å². The quantitative estimate of drug-likeness (QED) is 0.361. The molecule has 2 atom stereocenters. The maximum absolute atomic E-state index is 12.7. The lowest BCUT2D eigenvalue weighted by Gasteiger charge is -2.26. The van der Waals surface area contributed by atoms with Gasteiger partial charge in [0.05, 0.1) is 35.9 Å². The summed E-state index contributed by atoms with van der Waals surface area (Å²) in [5.74, 6) is -0.144. The summed E-state index contributed by atoms with van der Waals surface area (Å²) in [6.07, 6.45) is 3.05. The van der Waals surface area contributed by atoms with Gasteiger partial charge in [-0.15, -0.1) is 0 Å². The van der Waals surface area contributed by atoms with Gasteiger partial charge in [0.1, 0.15) is 5.75 Å². The molecule has 0 spiro atoms. The lowest BCUT2D eigenvalue weighted by Crippen LogP contribution is -2.32. The molecule has 2 aromatic carbocycles. The highest BCUT2D eigenvalue weighted by Crippen LogP contribution is 2.32. The molecule has 190 valence electrons. The molecule has 4 N–H and O–H groups in total. The lowest BCUT2D eigenvalue weighted by molar-refractivity contribution is -0.143. The van der Waals surface area contributed by atoms with Gasteiger partial charge in [-0.1, -0.05) is 17.7 Å². The fourth-order valence-corrected chi connectivity index (χ4v) is 4.86. The van der Waals surface area contributed by atoms with Crippen molar-refractivity contribution in [2.24, 2.45) is 11.8 Å². The standard InChI is InChI=1S/C27H35ClN2O5/c1-16(31)12-19-6-11-25(35-3)22(13-19)17(2)30-24-10-9-21(14-23(24)28)26(32)29-15-18-4-7-20(8-5-18)27(33)34/h6,9-11,13-14,16-18,20,30-31H,4-5,7-8,12,15H2,1-3H3,(H,29,32)(H,33,34)/t16?,17?,18-,20-. The van der Waals surface area contributed by atoms with Crippen LogP contribution in [0.25, 0.3) is 0 Å². The van der Waals surface area contributed by atoms with Gasteiger partial charge in [0.25, 0.3) is 5.91 Å². The van der Waals surface area contributed by atoms with Gasteiger partial charge in [-0.25, -0.2) is 0 Å². The van der Waals surface area contributed by atoms with E-state index in [1.807, 2.05) is 25.1 Å². The molecule has 35 heavy (non-hydrogen) atoms. The largest absolute Gasteiger partial charge is 0.496 e. The van der Waals surface area contributed by atoms with Gasteiger partial charge in [-0.3, -0.25) is 9.59 Å².